The van der Waals surface area contributed by atoms with Crippen molar-refractivity contribution in [3.05, 3.63) is 57.0 Å². The summed E-state index contributed by atoms with van der Waals surface area (Å²) in [7, 11) is 0. The van der Waals surface area contributed by atoms with Crippen molar-refractivity contribution < 1.29 is 4.79 Å². The molecule has 1 aliphatic rings. The summed E-state index contributed by atoms with van der Waals surface area (Å²) >= 11 is 0. The van der Waals surface area contributed by atoms with E-state index in [-0.39, 0.29) is 11.5 Å². The van der Waals surface area contributed by atoms with E-state index in [9.17, 15) is 9.59 Å². The van der Waals surface area contributed by atoms with E-state index in [1.807, 2.05) is 32.0 Å². The average Bonchev–Trinajstić information content (AvgIpc) is 2.96. The van der Waals surface area contributed by atoms with Gasteiger partial charge in [-0.2, -0.15) is 5.10 Å². The van der Waals surface area contributed by atoms with Crippen molar-refractivity contribution in [2.45, 2.75) is 46.1 Å². The van der Waals surface area contributed by atoms with Crippen LogP contribution in [0.15, 0.2) is 29.1 Å². The number of para-hydroxylation sites is 1. The lowest BCUT2D eigenvalue weighted by Crippen LogP contribution is -2.34. The minimum Gasteiger partial charge on any atom is -0.324 e. The molecule has 0 radical (unpaired) electrons. The maximum atomic E-state index is 12.6. The van der Waals surface area contributed by atoms with Crippen molar-refractivity contribution in [1.29, 1.82) is 0 Å². The second-order valence-electron chi connectivity index (χ2n) is 6.18. The van der Waals surface area contributed by atoms with E-state index in [1.54, 1.807) is 13.0 Å². The van der Waals surface area contributed by atoms with Gasteiger partial charge < -0.3 is 5.32 Å². The summed E-state index contributed by atoms with van der Waals surface area (Å²) in [4.78, 5) is 24.8. The normalized spacial score (nSPS) is 14.4. The number of nitrogens with zero attached hydrogens (tertiary/aromatic N) is 2. The van der Waals surface area contributed by atoms with Gasteiger partial charge in [0.25, 0.3) is 5.56 Å². The van der Waals surface area contributed by atoms with Gasteiger partial charge >= 0.3 is 0 Å². The van der Waals surface area contributed by atoms with Crippen LogP contribution in [-0.2, 0) is 17.6 Å². The first-order chi connectivity index (χ1) is 11.0. The third kappa shape index (κ3) is 2.91. The van der Waals surface area contributed by atoms with Gasteiger partial charge in [-0.15, -0.1) is 0 Å². The molecule has 1 atom stereocenters. The number of hydrogen-bond donors (Lipinski definition) is 1. The van der Waals surface area contributed by atoms with Crippen molar-refractivity contribution in [1.82, 2.24) is 9.78 Å². The van der Waals surface area contributed by atoms with Crippen molar-refractivity contribution in [3.63, 3.8) is 0 Å². The summed E-state index contributed by atoms with van der Waals surface area (Å²) in [6.07, 6.45) is 2.80. The second kappa shape index (κ2) is 5.99. The number of rotatable bonds is 3. The first-order valence-corrected chi connectivity index (χ1v) is 7.96. The fourth-order valence-corrected chi connectivity index (χ4v) is 3.04. The minimum atomic E-state index is -0.646. The molecule has 1 aromatic carbocycles. The SMILES string of the molecule is Cc1cccc(C)c1NC(=O)C(C)n1nc2c(cc1=O)CCC2. The predicted molar refractivity (Wildman–Crippen MR) is 89.8 cm³/mol. The van der Waals surface area contributed by atoms with Crippen LogP contribution in [0.4, 0.5) is 5.69 Å². The monoisotopic (exact) mass is 311 g/mol. The Morgan fingerprint density at radius 3 is 2.65 bits per heavy atom. The Labute approximate surface area is 135 Å². The maximum Gasteiger partial charge on any atom is 0.267 e. The fourth-order valence-electron chi connectivity index (χ4n) is 3.04. The molecule has 0 fully saturated rings. The van der Waals surface area contributed by atoms with Crippen molar-refractivity contribution in [2.75, 3.05) is 5.32 Å². The van der Waals surface area contributed by atoms with Crippen LogP contribution in [0.1, 0.15) is 41.8 Å². The van der Waals surface area contributed by atoms with Gasteiger partial charge in [0, 0.05) is 11.8 Å². The first kappa shape index (κ1) is 15.5. The van der Waals surface area contributed by atoms with Gasteiger partial charge in [0.15, 0.2) is 0 Å². The number of aromatic nitrogens is 2. The molecule has 1 unspecified atom stereocenters. The lowest BCUT2D eigenvalue weighted by molar-refractivity contribution is -0.119. The third-order valence-corrected chi connectivity index (χ3v) is 4.46. The van der Waals surface area contributed by atoms with Crippen LogP contribution in [0.2, 0.25) is 0 Å². The lowest BCUT2D eigenvalue weighted by Gasteiger charge is -2.17. The molecule has 2 aromatic rings. The number of carbonyl (C=O) groups excluding carboxylic acids is 1. The van der Waals surface area contributed by atoms with Gasteiger partial charge in [-0.25, -0.2) is 4.68 Å². The molecule has 0 aliphatic heterocycles. The summed E-state index contributed by atoms with van der Waals surface area (Å²) < 4.78 is 1.30. The van der Waals surface area contributed by atoms with E-state index < -0.39 is 6.04 Å². The zero-order valence-corrected chi connectivity index (χ0v) is 13.7. The van der Waals surface area contributed by atoms with Crippen LogP contribution < -0.4 is 10.9 Å². The topological polar surface area (TPSA) is 64.0 Å². The molecule has 0 bridgehead atoms. The number of carbonyl (C=O) groups is 1. The molecule has 5 nitrogen and oxygen atoms in total. The Hall–Kier alpha value is -2.43. The minimum absolute atomic E-state index is 0.213. The number of nitrogens with one attached hydrogen (secondary N) is 1. The van der Waals surface area contributed by atoms with E-state index in [2.05, 4.69) is 10.4 Å². The van der Waals surface area contributed by atoms with Crippen LogP contribution in [0.3, 0.4) is 0 Å². The Balaban J connectivity index is 1.87. The first-order valence-electron chi connectivity index (χ1n) is 7.96. The van der Waals surface area contributed by atoms with Crippen LogP contribution >= 0.6 is 0 Å². The van der Waals surface area contributed by atoms with Gasteiger partial charge in [-0.05, 0) is 56.7 Å². The Morgan fingerprint density at radius 2 is 1.96 bits per heavy atom. The number of aryl methyl sites for hydroxylation is 4. The molecule has 1 aromatic heterocycles. The zero-order chi connectivity index (χ0) is 16.6. The smallest absolute Gasteiger partial charge is 0.267 e. The van der Waals surface area contributed by atoms with Crippen LogP contribution in [-0.4, -0.2) is 15.7 Å². The second-order valence-corrected chi connectivity index (χ2v) is 6.18. The Morgan fingerprint density at radius 1 is 1.26 bits per heavy atom. The summed E-state index contributed by atoms with van der Waals surface area (Å²) in [5, 5.41) is 7.34. The molecule has 120 valence electrons. The van der Waals surface area contributed by atoms with Crippen molar-refractivity contribution in [3.8, 4) is 0 Å². The summed E-state index contributed by atoms with van der Waals surface area (Å²) in [6.45, 7) is 5.61. The van der Waals surface area contributed by atoms with Crippen LogP contribution in [0, 0.1) is 13.8 Å². The molecule has 0 saturated carbocycles. The number of fused-ring (bicyclic) bond motifs is 1. The predicted octanol–water partition coefficient (Wildman–Crippen LogP) is 2.55. The third-order valence-electron chi connectivity index (χ3n) is 4.46. The molecule has 23 heavy (non-hydrogen) atoms. The number of amides is 1. The molecular weight excluding hydrogens is 290 g/mol. The zero-order valence-electron chi connectivity index (χ0n) is 13.7. The quantitative estimate of drug-likeness (QED) is 0.947. The summed E-state index contributed by atoms with van der Waals surface area (Å²) in [5.74, 6) is -0.227. The standard InChI is InChI=1S/C18H21N3O2/c1-11-6-4-7-12(2)17(11)19-18(23)13(3)21-16(22)10-14-8-5-9-15(14)20-21/h4,6-7,10,13H,5,8-9H2,1-3H3,(H,19,23). The highest BCUT2D eigenvalue weighted by atomic mass is 16.2. The van der Waals surface area contributed by atoms with E-state index in [4.69, 9.17) is 0 Å². The molecular formula is C18H21N3O2. The van der Waals surface area contributed by atoms with E-state index in [0.717, 1.165) is 47.3 Å². The van der Waals surface area contributed by atoms with Gasteiger partial charge in [-0.1, -0.05) is 18.2 Å². The Bertz CT molecular complexity index is 803. The lowest BCUT2D eigenvalue weighted by atomic mass is 10.1. The molecule has 3 rings (SSSR count). The highest BCUT2D eigenvalue weighted by Gasteiger charge is 2.22. The molecule has 0 spiro atoms. The van der Waals surface area contributed by atoms with Crippen molar-refractivity contribution in [2.24, 2.45) is 0 Å². The van der Waals surface area contributed by atoms with E-state index in [1.165, 1.54) is 4.68 Å². The highest BCUT2D eigenvalue weighted by molar-refractivity contribution is 5.94. The summed E-state index contributed by atoms with van der Waals surface area (Å²) in [6, 6.07) is 6.83. The summed E-state index contributed by atoms with van der Waals surface area (Å²) in [5.41, 5.74) is 4.55. The van der Waals surface area contributed by atoms with Gasteiger partial charge in [0.1, 0.15) is 6.04 Å². The molecule has 1 aliphatic carbocycles. The van der Waals surface area contributed by atoms with Gasteiger partial charge in [0.05, 0.1) is 5.69 Å². The number of hydrogen-bond acceptors (Lipinski definition) is 3. The van der Waals surface area contributed by atoms with Gasteiger partial charge in [0.2, 0.25) is 5.91 Å². The van der Waals surface area contributed by atoms with E-state index >= 15 is 0 Å². The highest BCUT2D eigenvalue weighted by Crippen LogP contribution is 2.21. The number of anilines is 1. The number of benzene rings is 1. The average molecular weight is 311 g/mol. The molecule has 5 heteroatoms. The largest absolute Gasteiger partial charge is 0.324 e. The molecule has 1 heterocycles. The molecule has 0 saturated heterocycles. The fraction of sp³-hybridized carbons (Fsp3) is 0.389. The molecule has 1 N–H and O–H groups in total. The molecule has 1 amide bonds. The van der Waals surface area contributed by atoms with Crippen LogP contribution in [0.5, 0.6) is 0 Å². The van der Waals surface area contributed by atoms with Crippen molar-refractivity contribution >= 4 is 11.6 Å². The maximum absolute atomic E-state index is 12.6. The van der Waals surface area contributed by atoms with Crippen LogP contribution in [0.25, 0.3) is 0 Å². The Kier molecular flexibility index (Phi) is 4.03. The van der Waals surface area contributed by atoms with E-state index in [0.29, 0.717) is 0 Å². The van der Waals surface area contributed by atoms with Gasteiger partial charge in [-0.3, -0.25) is 9.59 Å².